The molecule has 4 nitrogen and oxygen atoms in total. The van der Waals surface area contributed by atoms with Gasteiger partial charge in [-0.15, -0.1) is 0 Å². The molecule has 1 unspecified atom stereocenters. The van der Waals surface area contributed by atoms with Crippen LogP contribution in [0.3, 0.4) is 0 Å². The van der Waals surface area contributed by atoms with Crippen LogP contribution in [0.2, 0.25) is 0 Å². The van der Waals surface area contributed by atoms with Crippen LogP contribution in [0.25, 0.3) is 0 Å². The lowest BCUT2D eigenvalue weighted by molar-refractivity contribution is -0.118. The molecule has 0 bridgehead atoms. The van der Waals surface area contributed by atoms with E-state index in [1.165, 1.54) is 0 Å². The predicted octanol–water partition coefficient (Wildman–Crippen LogP) is 1.02. The van der Waals surface area contributed by atoms with Crippen LogP contribution in [0.1, 0.15) is 37.6 Å². The molecule has 0 aliphatic carbocycles. The Morgan fingerprint density at radius 1 is 1.50 bits per heavy atom. The van der Waals surface area contributed by atoms with Gasteiger partial charge in [-0.3, -0.25) is 14.8 Å². The SMILES string of the molecule is CCc1nccnc1C(C)CC(N)=O. The van der Waals surface area contributed by atoms with Crippen molar-refractivity contribution in [1.29, 1.82) is 0 Å². The van der Waals surface area contributed by atoms with Crippen molar-refractivity contribution >= 4 is 5.91 Å². The van der Waals surface area contributed by atoms with Gasteiger partial charge in [-0.05, 0) is 6.42 Å². The third-order valence-corrected chi connectivity index (χ3v) is 2.12. The number of nitrogens with two attached hydrogens (primary N) is 1. The highest BCUT2D eigenvalue weighted by molar-refractivity contribution is 5.74. The second kappa shape index (κ2) is 4.69. The number of carbonyl (C=O) groups is 1. The second-order valence-corrected chi connectivity index (χ2v) is 3.31. The topological polar surface area (TPSA) is 68.9 Å². The monoisotopic (exact) mass is 193 g/mol. The largest absolute Gasteiger partial charge is 0.370 e. The minimum atomic E-state index is -0.301. The fourth-order valence-electron chi connectivity index (χ4n) is 1.46. The van der Waals surface area contributed by atoms with E-state index in [1.807, 2.05) is 13.8 Å². The van der Waals surface area contributed by atoms with Gasteiger partial charge in [0.2, 0.25) is 5.91 Å². The average molecular weight is 193 g/mol. The second-order valence-electron chi connectivity index (χ2n) is 3.31. The summed E-state index contributed by atoms with van der Waals surface area (Å²) in [4.78, 5) is 19.2. The summed E-state index contributed by atoms with van der Waals surface area (Å²) < 4.78 is 0. The summed E-state index contributed by atoms with van der Waals surface area (Å²) in [7, 11) is 0. The first-order chi connectivity index (χ1) is 6.65. The molecule has 0 saturated heterocycles. The van der Waals surface area contributed by atoms with Crippen molar-refractivity contribution in [2.45, 2.75) is 32.6 Å². The van der Waals surface area contributed by atoms with Crippen molar-refractivity contribution in [2.75, 3.05) is 0 Å². The zero-order valence-electron chi connectivity index (χ0n) is 8.53. The van der Waals surface area contributed by atoms with Crippen molar-refractivity contribution in [2.24, 2.45) is 5.73 Å². The van der Waals surface area contributed by atoms with Crippen LogP contribution in [0.4, 0.5) is 0 Å². The van der Waals surface area contributed by atoms with E-state index in [9.17, 15) is 4.79 Å². The lowest BCUT2D eigenvalue weighted by Gasteiger charge is -2.11. The molecule has 0 radical (unpaired) electrons. The molecule has 0 spiro atoms. The van der Waals surface area contributed by atoms with Gasteiger partial charge in [0.1, 0.15) is 0 Å². The minimum absolute atomic E-state index is 0.0520. The van der Waals surface area contributed by atoms with E-state index in [1.54, 1.807) is 12.4 Å². The summed E-state index contributed by atoms with van der Waals surface area (Å²) in [6, 6.07) is 0. The summed E-state index contributed by atoms with van der Waals surface area (Å²) in [5, 5.41) is 0. The smallest absolute Gasteiger partial charge is 0.218 e. The van der Waals surface area contributed by atoms with Gasteiger partial charge in [0, 0.05) is 24.7 Å². The number of nitrogens with zero attached hydrogens (tertiary/aromatic N) is 2. The Morgan fingerprint density at radius 3 is 2.71 bits per heavy atom. The molecule has 1 rings (SSSR count). The Labute approximate surface area is 83.6 Å². The fraction of sp³-hybridized carbons (Fsp3) is 0.500. The van der Waals surface area contributed by atoms with Gasteiger partial charge in [0.05, 0.1) is 11.4 Å². The molecular weight excluding hydrogens is 178 g/mol. The van der Waals surface area contributed by atoms with Gasteiger partial charge < -0.3 is 5.73 Å². The summed E-state index contributed by atoms with van der Waals surface area (Å²) in [5.41, 5.74) is 6.96. The predicted molar refractivity (Wildman–Crippen MR) is 53.6 cm³/mol. The number of rotatable bonds is 4. The summed E-state index contributed by atoms with van der Waals surface area (Å²) in [6.45, 7) is 3.96. The Kier molecular flexibility index (Phi) is 3.56. The fourth-order valence-corrected chi connectivity index (χ4v) is 1.46. The van der Waals surface area contributed by atoms with E-state index in [4.69, 9.17) is 5.73 Å². The molecule has 14 heavy (non-hydrogen) atoms. The van der Waals surface area contributed by atoms with Gasteiger partial charge >= 0.3 is 0 Å². The first-order valence-electron chi connectivity index (χ1n) is 4.73. The zero-order chi connectivity index (χ0) is 10.6. The molecule has 0 fully saturated rings. The number of hydrogen-bond donors (Lipinski definition) is 1. The van der Waals surface area contributed by atoms with Gasteiger partial charge in [0.25, 0.3) is 0 Å². The van der Waals surface area contributed by atoms with E-state index < -0.39 is 0 Å². The number of aromatic nitrogens is 2. The van der Waals surface area contributed by atoms with Crippen LogP contribution < -0.4 is 5.73 Å². The maximum atomic E-state index is 10.8. The average Bonchev–Trinajstić information content (AvgIpc) is 2.16. The molecule has 1 heterocycles. The van der Waals surface area contributed by atoms with E-state index in [2.05, 4.69) is 9.97 Å². The number of amides is 1. The molecular formula is C10H15N3O. The van der Waals surface area contributed by atoms with Gasteiger partial charge in [0.15, 0.2) is 0 Å². The molecule has 0 saturated carbocycles. The van der Waals surface area contributed by atoms with Crippen LogP contribution in [-0.2, 0) is 11.2 Å². The highest BCUT2D eigenvalue weighted by Gasteiger charge is 2.13. The van der Waals surface area contributed by atoms with Crippen LogP contribution in [0.15, 0.2) is 12.4 Å². The normalized spacial score (nSPS) is 12.4. The molecule has 1 amide bonds. The quantitative estimate of drug-likeness (QED) is 0.776. The van der Waals surface area contributed by atoms with Crippen molar-refractivity contribution in [3.8, 4) is 0 Å². The highest BCUT2D eigenvalue weighted by atomic mass is 16.1. The maximum Gasteiger partial charge on any atom is 0.218 e. The minimum Gasteiger partial charge on any atom is -0.370 e. The summed E-state index contributed by atoms with van der Waals surface area (Å²) in [6.07, 6.45) is 4.46. The third kappa shape index (κ3) is 2.52. The van der Waals surface area contributed by atoms with Crippen LogP contribution in [-0.4, -0.2) is 15.9 Å². The lowest BCUT2D eigenvalue weighted by atomic mass is 10.0. The zero-order valence-corrected chi connectivity index (χ0v) is 8.53. The van der Waals surface area contributed by atoms with Gasteiger partial charge in [-0.2, -0.15) is 0 Å². The van der Waals surface area contributed by atoms with Crippen LogP contribution in [0.5, 0.6) is 0 Å². The molecule has 76 valence electrons. The molecule has 1 aromatic rings. The summed E-state index contributed by atoms with van der Waals surface area (Å²) in [5.74, 6) is -0.249. The molecule has 1 aromatic heterocycles. The van der Waals surface area contributed by atoms with Crippen molar-refractivity contribution in [3.05, 3.63) is 23.8 Å². The maximum absolute atomic E-state index is 10.8. The van der Waals surface area contributed by atoms with Crippen molar-refractivity contribution in [1.82, 2.24) is 9.97 Å². The number of hydrogen-bond acceptors (Lipinski definition) is 3. The Bertz CT molecular complexity index is 325. The van der Waals surface area contributed by atoms with E-state index >= 15 is 0 Å². The third-order valence-electron chi connectivity index (χ3n) is 2.12. The van der Waals surface area contributed by atoms with Gasteiger partial charge in [-0.1, -0.05) is 13.8 Å². The first-order valence-corrected chi connectivity index (χ1v) is 4.73. The summed E-state index contributed by atoms with van der Waals surface area (Å²) >= 11 is 0. The Balaban J connectivity index is 2.87. The van der Waals surface area contributed by atoms with E-state index in [0.29, 0.717) is 6.42 Å². The first kappa shape index (κ1) is 10.6. The van der Waals surface area contributed by atoms with E-state index in [0.717, 1.165) is 17.8 Å². The standard InChI is InChI=1S/C10H15N3O/c1-3-8-10(13-5-4-12-8)7(2)6-9(11)14/h4-5,7H,3,6H2,1-2H3,(H2,11,14). The molecule has 1 atom stereocenters. The van der Waals surface area contributed by atoms with Crippen molar-refractivity contribution in [3.63, 3.8) is 0 Å². The van der Waals surface area contributed by atoms with E-state index in [-0.39, 0.29) is 11.8 Å². The number of aryl methyl sites for hydroxylation is 1. The van der Waals surface area contributed by atoms with Crippen LogP contribution >= 0.6 is 0 Å². The highest BCUT2D eigenvalue weighted by Crippen LogP contribution is 2.18. The number of primary amides is 1. The molecule has 0 aliphatic heterocycles. The molecule has 2 N–H and O–H groups in total. The van der Waals surface area contributed by atoms with Crippen LogP contribution in [0, 0.1) is 0 Å². The number of carbonyl (C=O) groups excluding carboxylic acids is 1. The Morgan fingerprint density at radius 2 is 2.14 bits per heavy atom. The lowest BCUT2D eigenvalue weighted by Crippen LogP contribution is -2.15. The molecule has 0 aliphatic rings. The molecule has 0 aromatic carbocycles. The Hall–Kier alpha value is -1.45. The van der Waals surface area contributed by atoms with Crippen molar-refractivity contribution < 1.29 is 4.79 Å². The molecule has 4 heteroatoms. The van der Waals surface area contributed by atoms with Gasteiger partial charge in [-0.25, -0.2) is 0 Å².